The van der Waals surface area contributed by atoms with Crippen molar-refractivity contribution in [3.63, 3.8) is 0 Å². The van der Waals surface area contributed by atoms with Crippen LogP contribution >= 0.6 is 0 Å². The summed E-state index contributed by atoms with van der Waals surface area (Å²) in [6.45, 7) is 0.630. The molecule has 96 valence electrons. The summed E-state index contributed by atoms with van der Waals surface area (Å²) in [5, 5.41) is 4.97. The number of amides is 3. The molecule has 0 unspecified atom stereocenters. The average molecular weight is 248 g/mol. The number of hydrogen-bond donors (Lipinski definition) is 4. The van der Waals surface area contributed by atoms with E-state index in [1.54, 1.807) is 18.2 Å². The van der Waals surface area contributed by atoms with Crippen LogP contribution in [0.2, 0.25) is 0 Å². The maximum Gasteiger partial charge on any atom is 0.312 e. The van der Waals surface area contributed by atoms with Crippen molar-refractivity contribution < 1.29 is 9.59 Å². The fourth-order valence-electron chi connectivity index (χ4n) is 1.21. The number of urea groups is 1. The summed E-state index contributed by atoms with van der Waals surface area (Å²) < 4.78 is 0. The third-order valence-electron chi connectivity index (χ3n) is 2.09. The lowest BCUT2D eigenvalue weighted by molar-refractivity contribution is -0.116. The molecule has 0 saturated heterocycles. The van der Waals surface area contributed by atoms with E-state index in [4.69, 9.17) is 11.5 Å². The van der Waals surface area contributed by atoms with E-state index in [9.17, 15) is 9.59 Å². The number of rotatable bonds is 5. The first kappa shape index (κ1) is 13.6. The van der Waals surface area contributed by atoms with Crippen LogP contribution in [0.3, 0.4) is 0 Å². The number of carbonyl (C=O) groups is 2. The number of nitrogens with two attached hydrogens (primary N) is 2. The van der Waals surface area contributed by atoms with Crippen molar-refractivity contribution in [2.45, 2.75) is 0 Å². The molecule has 18 heavy (non-hydrogen) atoms. The maximum absolute atomic E-state index is 11.4. The van der Waals surface area contributed by atoms with Crippen LogP contribution in [-0.2, 0) is 4.79 Å². The summed E-state index contributed by atoms with van der Waals surface area (Å²) in [4.78, 5) is 21.7. The standard InChI is InChI=1S/C12H16N4O2/c13-10-4-1-9(2-5-10)3-6-11(17)15-7-8-16-12(14)18/h1-6H,7-8,13H2,(H,15,17)(H3,14,16,18)/b6-3+. The Morgan fingerprint density at radius 2 is 1.72 bits per heavy atom. The topological polar surface area (TPSA) is 110 Å². The lowest BCUT2D eigenvalue weighted by Gasteiger charge is -2.02. The van der Waals surface area contributed by atoms with E-state index in [0.29, 0.717) is 18.8 Å². The molecule has 0 aliphatic rings. The second-order valence-corrected chi connectivity index (χ2v) is 3.58. The molecule has 1 aromatic carbocycles. The van der Waals surface area contributed by atoms with E-state index in [1.807, 2.05) is 12.1 Å². The van der Waals surface area contributed by atoms with Gasteiger partial charge in [-0.05, 0) is 23.8 Å². The van der Waals surface area contributed by atoms with Crippen molar-refractivity contribution in [1.82, 2.24) is 10.6 Å². The predicted octanol–water partition coefficient (Wildman–Crippen LogP) is 0.0665. The minimum atomic E-state index is -0.610. The molecular formula is C12H16N4O2. The Hall–Kier alpha value is -2.50. The van der Waals surface area contributed by atoms with Gasteiger partial charge in [-0.2, -0.15) is 0 Å². The SMILES string of the molecule is NC(=O)NCCNC(=O)/C=C/c1ccc(N)cc1. The van der Waals surface area contributed by atoms with Crippen LogP contribution in [0.4, 0.5) is 10.5 Å². The molecule has 6 N–H and O–H groups in total. The second kappa shape index (κ2) is 6.95. The van der Waals surface area contributed by atoms with Crippen LogP contribution in [0.15, 0.2) is 30.3 Å². The first-order valence-electron chi connectivity index (χ1n) is 5.42. The highest BCUT2D eigenvalue weighted by atomic mass is 16.2. The third kappa shape index (κ3) is 5.55. The second-order valence-electron chi connectivity index (χ2n) is 3.58. The lowest BCUT2D eigenvalue weighted by atomic mass is 10.2. The van der Waals surface area contributed by atoms with E-state index >= 15 is 0 Å². The molecule has 0 aliphatic heterocycles. The van der Waals surface area contributed by atoms with Gasteiger partial charge in [0.05, 0.1) is 0 Å². The fraction of sp³-hybridized carbons (Fsp3) is 0.167. The van der Waals surface area contributed by atoms with Gasteiger partial charge < -0.3 is 22.1 Å². The Bertz CT molecular complexity index is 440. The number of anilines is 1. The van der Waals surface area contributed by atoms with Crippen LogP contribution in [0.1, 0.15) is 5.56 Å². The number of benzene rings is 1. The quantitative estimate of drug-likeness (QED) is 0.336. The van der Waals surface area contributed by atoms with Gasteiger partial charge in [0.2, 0.25) is 5.91 Å². The van der Waals surface area contributed by atoms with Crippen LogP contribution in [-0.4, -0.2) is 25.0 Å². The van der Waals surface area contributed by atoms with Gasteiger partial charge >= 0.3 is 6.03 Å². The van der Waals surface area contributed by atoms with Crippen LogP contribution in [0, 0.1) is 0 Å². The summed E-state index contributed by atoms with van der Waals surface area (Å²) in [7, 11) is 0. The van der Waals surface area contributed by atoms with E-state index < -0.39 is 6.03 Å². The molecule has 1 aromatic rings. The normalized spacial score (nSPS) is 10.2. The number of carbonyl (C=O) groups excluding carboxylic acids is 2. The molecule has 6 nitrogen and oxygen atoms in total. The Kier molecular flexibility index (Phi) is 5.24. The van der Waals surface area contributed by atoms with E-state index in [2.05, 4.69) is 10.6 Å². The molecule has 0 radical (unpaired) electrons. The van der Waals surface area contributed by atoms with E-state index in [0.717, 1.165) is 5.56 Å². The van der Waals surface area contributed by atoms with Crippen LogP contribution < -0.4 is 22.1 Å². The summed E-state index contributed by atoms with van der Waals surface area (Å²) in [5.41, 5.74) is 12.0. The highest BCUT2D eigenvalue weighted by Gasteiger charge is 1.95. The zero-order valence-electron chi connectivity index (χ0n) is 9.85. The Balaban J connectivity index is 2.31. The molecule has 0 spiro atoms. The molecule has 1 rings (SSSR count). The van der Waals surface area contributed by atoms with Crippen molar-refractivity contribution in [2.24, 2.45) is 5.73 Å². The van der Waals surface area contributed by atoms with Gasteiger partial charge in [0.1, 0.15) is 0 Å². The van der Waals surface area contributed by atoms with Gasteiger partial charge in [0, 0.05) is 24.9 Å². The smallest absolute Gasteiger partial charge is 0.312 e. The maximum atomic E-state index is 11.4. The van der Waals surface area contributed by atoms with Gasteiger partial charge in [-0.15, -0.1) is 0 Å². The predicted molar refractivity (Wildman–Crippen MR) is 70.5 cm³/mol. The Morgan fingerprint density at radius 1 is 1.11 bits per heavy atom. The highest BCUT2D eigenvalue weighted by Crippen LogP contribution is 2.06. The summed E-state index contributed by atoms with van der Waals surface area (Å²) in [6, 6.07) is 6.53. The van der Waals surface area contributed by atoms with Crippen molar-refractivity contribution >= 4 is 23.7 Å². The minimum absolute atomic E-state index is 0.238. The summed E-state index contributed by atoms with van der Waals surface area (Å²) in [6.07, 6.45) is 3.09. The lowest BCUT2D eigenvalue weighted by Crippen LogP contribution is -2.36. The molecule has 0 aromatic heterocycles. The first-order chi connectivity index (χ1) is 8.58. The number of primary amides is 1. The highest BCUT2D eigenvalue weighted by molar-refractivity contribution is 5.91. The van der Waals surface area contributed by atoms with Crippen LogP contribution in [0.5, 0.6) is 0 Å². The van der Waals surface area contributed by atoms with Gasteiger partial charge in [0.25, 0.3) is 0 Å². The van der Waals surface area contributed by atoms with Gasteiger partial charge in [-0.3, -0.25) is 4.79 Å². The molecule has 0 aliphatic carbocycles. The molecule has 0 fully saturated rings. The first-order valence-corrected chi connectivity index (χ1v) is 5.42. The van der Waals surface area contributed by atoms with E-state index in [-0.39, 0.29) is 5.91 Å². The minimum Gasteiger partial charge on any atom is -0.399 e. The summed E-state index contributed by atoms with van der Waals surface area (Å²) >= 11 is 0. The average Bonchev–Trinajstić information content (AvgIpc) is 2.34. The van der Waals surface area contributed by atoms with Gasteiger partial charge in [0.15, 0.2) is 0 Å². The molecule has 3 amide bonds. The largest absolute Gasteiger partial charge is 0.399 e. The van der Waals surface area contributed by atoms with Crippen molar-refractivity contribution in [2.75, 3.05) is 18.8 Å². The number of nitrogens with one attached hydrogen (secondary N) is 2. The number of nitrogen functional groups attached to an aromatic ring is 1. The molecule has 0 bridgehead atoms. The fourth-order valence-corrected chi connectivity index (χ4v) is 1.21. The molecule has 0 heterocycles. The molecular weight excluding hydrogens is 232 g/mol. The molecule has 6 heteroatoms. The van der Waals surface area contributed by atoms with Crippen molar-refractivity contribution in [1.29, 1.82) is 0 Å². The Morgan fingerprint density at radius 3 is 2.33 bits per heavy atom. The monoisotopic (exact) mass is 248 g/mol. The van der Waals surface area contributed by atoms with Crippen molar-refractivity contribution in [3.8, 4) is 0 Å². The Labute approximate surface area is 105 Å². The van der Waals surface area contributed by atoms with Gasteiger partial charge in [-0.25, -0.2) is 4.79 Å². The van der Waals surface area contributed by atoms with Crippen molar-refractivity contribution in [3.05, 3.63) is 35.9 Å². The molecule has 0 atom stereocenters. The van der Waals surface area contributed by atoms with E-state index in [1.165, 1.54) is 6.08 Å². The zero-order valence-corrected chi connectivity index (χ0v) is 9.85. The third-order valence-corrected chi connectivity index (χ3v) is 2.09. The zero-order chi connectivity index (χ0) is 13.4. The summed E-state index contributed by atoms with van der Waals surface area (Å²) in [5.74, 6) is -0.238. The number of hydrogen-bond acceptors (Lipinski definition) is 3. The molecule has 0 saturated carbocycles. The van der Waals surface area contributed by atoms with Gasteiger partial charge in [-0.1, -0.05) is 12.1 Å². The van der Waals surface area contributed by atoms with Crippen LogP contribution in [0.25, 0.3) is 6.08 Å².